The van der Waals surface area contributed by atoms with Gasteiger partial charge in [0.05, 0.1) is 18.6 Å². The minimum atomic E-state index is -0.433. The Bertz CT molecular complexity index is 642. The van der Waals surface area contributed by atoms with Gasteiger partial charge < -0.3 is 10.3 Å². The van der Waals surface area contributed by atoms with Crippen molar-refractivity contribution in [2.45, 2.75) is 26.3 Å². The highest BCUT2D eigenvalue weighted by molar-refractivity contribution is 5.91. The molecule has 1 aliphatic rings. The molecule has 98 valence electrons. The van der Waals surface area contributed by atoms with Crippen molar-refractivity contribution in [1.29, 1.82) is 0 Å². The molecule has 1 aliphatic carbocycles. The molecule has 2 aromatic rings. The molecule has 0 bridgehead atoms. The third-order valence-corrected chi connectivity index (χ3v) is 3.93. The van der Waals surface area contributed by atoms with E-state index in [2.05, 4.69) is 37.0 Å². The average Bonchev–Trinajstić information content (AvgIpc) is 2.88. The number of hydrogen-bond acceptors (Lipinski definition) is 2. The first kappa shape index (κ1) is 12.0. The number of nitrogens with zero attached hydrogens (tertiary/aromatic N) is 2. The van der Waals surface area contributed by atoms with E-state index in [1.165, 1.54) is 11.1 Å². The lowest BCUT2D eigenvalue weighted by molar-refractivity contribution is 0.0987. The van der Waals surface area contributed by atoms with E-state index < -0.39 is 5.91 Å². The minimum absolute atomic E-state index is 0.0363. The lowest BCUT2D eigenvalue weighted by atomic mass is 9.85. The highest BCUT2D eigenvalue weighted by Crippen LogP contribution is 2.47. The molecule has 1 aromatic carbocycles. The van der Waals surface area contributed by atoms with E-state index in [9.17, 15) is 4.79 Å². The summed E-state index contributed by atoms with van der Waals surface area (Å²) in [6.45, 7) is 4.42. The fourth-order valence-corrected chi connectivity index (χ4v) is 3.20. The number of amides is 1. The van der Waals surface area contributed by atoms with Crippen LogP contribution in [0.25, 0.3) is 0 Å². The van der Waals surface area contributed by atoms with Gasteiger partial charge in [-0.05, 0) is 23.0 Å². The zero-order valence-corrected chi connectivity index (χ0v) is 11.1. The molecule has 2 N–H and O–H groups in total. The van der Waals surface area contributed by atoms with Gasteiger partial charge in [-0.1, -0.05) is 38.1 Å². The van der Waals surface area contributed by atoms with Crippen LogP contribution < -0.4 is 5.73 Å². The largest absolute Gasteiger partial charge is 0.364 e. The quantitative estimate of drug-likeness (QED) is 0.893. The molecule has 1 heterocycles. The Kier molecular flexibility index (Phi) is 2.49. The minimum Gasteiger partial charge on any atom is -0.364 e. The second-order valence-corrected chi connectivity index (χ2v) is 5.82. The predicted octanol–water partition coefficient (Wildman–Crippen LogP) is 2.15. The van der Waals surface area contributed by atoms with Crippen molar-refractivity contribution < 1.29 is 4.79 Å². The van der Waals surface area contributed by atoms with Gasteiger partial charge >= 0.3 is 0 Å². The summed E-state index contributed by atoms with van der Waals surface area (Å²) >= 11 is 0. The Hall–Kier alpha value is -2.10. The van der Waals surface area contributed by atoms with Crippen LogP contribution in [0.5, 0.6) is 0 Å². The summed E-state index contributed by atoms with van der Waals surface area (Å²) in [7, 11) is 0. The van der Waals surface area contributed by atoms with Crippen molar-refractivity contribution in [3.05, 3.63) is 53.6 Å². The van der Waals surface area contributed by atoms with Crippen LogP contribution in [0.3, 0.4) is 0 Å². The lowest BCUT2D eigenvalue weighted by Crippen LogP contribution is -2.28. The standard InChI is InChI=1S/C15H17N3O/c1-15(2)7-10-5-3-4-6-11(10)13(15)18-9-17-8-12(18)14(16)19/h3-6,8-9,13H,7H2,1-2H3,(H2,16,19). The Balaban J connectivity index is 2.18. The maximum absolute atomic E-state index is 11.5. The zero-order chi connectivity index (χ0) is 13.6. The van der Waals surface area contributed by atoms with E-state index in [-0.39, 0.29) is 11.5 Å². The number of imidazole rings is 1. The molecule has 4 nitrogen and oxygen atoms in total. The van der Waals surface area contributed by atoms with E-state index >= 15 is 0 Å². The van der Waals surface area contributed by atoms with Gasteiger partial charge in [0.1, 0.15) is 5.69 Å². The number of fused-ring (bicyclic) bond motifs is 1. The number of nitrogens with two attached hydrogens (primary N) is 1. The molecule has 1 amide bonds. The lowest BCUT2D eigenvalue weighted by Gasteiger charge is -2.29. The second kappa shape index (κ2) is 3.95. The van der Waals surface area contributed by atoms with Crippen LogP contribution in [0.4, 0.5) is 0 Å². The van der Waals surface area contributed by atoms with Gasteiger partial charge in [0.25, 0.3) is 5.91 Å². The van der Waals surface area contributed by atoms with E-state index in [1.54, 1.807) is 12.5 Å². The molecule has 0 saturated carbocycles. The summed E-state index contributed by atoms with van der Waals surface area (Å²) < 4.78 is 1.91. The number of carbonyl (C=O) groups excluding carboxylic acids is 1. The summed E-state index contributed by atoms with van der Waals surface area (Å²) in [6, 6.07) is 8.47. The van der Waals surface area contributed by atoms with Crippen LogP contribution in [-0.4, -0.2) is 15.5 Å². The first-order valence-electron chi connectivity index (χ1n) is 6.40. The smallest absolute Gasteiger partial charge is 0.267 e. The number of aromatic nitrogens is 2. The van der Waals surface area contributed by atoms with E-state index in [4.69, 9.17) is 5.73 Å². The molecule has 4 heteroatoms. The molecule has 0 fully saturated rings. The van der Waals surface area contributed by atoms with Crippen LogP contribution >= 0.6 is 0 Å². The first-order chi connectivity index (χ1) is 9.00. The summed E-state index contributed by atoms with van der Waals surface area (Å²) in [4.78, 5) is 15.6. The Morgan fingerprint density at radius 2 is 2.16 bits per heavy atom. The fraction of sp³-hybridized carbons (Fsp3) is 0.333. The summed E-state index contributed by atoms with van der Waals surface area (Å²) in [5.74, 6) is -0.433. The predicted molar refractivity (Wildman–Crippen MR) is 72.8 cm³/mol. The summed E-state index contributed by atoms with van der Waals surface area (Å²) in [5, 5.41) is 0. The van der Waals surface area contributed by atoms with Crippen molar-refractivity contribution in [1.82, 2.24) is 9.55 Å². The van der Waals surface area contributed by atoms with Crippen LogP contribution in [0.15, 0.2) is 36.8 Å². The Morgan fingerprint density at radius 3 is 2.89 bits per heavy atom. The third kappa shape index (κ3) is 1.75. The highest BCUT2D eigenvalue weighted by atomic mass is 16.1. The molecule has 19 heavy (non-hydrogen) atoms. The van der Waals surface area contributed by atoms with Gasteiger partial charge in [0.15, 0.2) is 0 Å². The maximum Gasteiger partial charge on any atom is 0.267 e. The molecule has 0 aliphatic heterocycles. The molecular formula is C15H17N3O. The number of primary amides is 1. The molecular weight excluding hydrogens is 238 g/mol. The van der Waals surface area contributed by atoms with Gasteiger partial charge in [0.2, 0.25) is 0 Å². The summed E-state index contributed by atoms with van der Waals surface area (Å²) in [6.07, 6.45) is 4.23. The molecule has 0 spiro atoms. The molecule has 1 aromatic heterocycles. The number of carbonyl (C=O) groups is 1. The van der Waals surface area contributed by atoms with E-state index in [0.717, 1.165) is 6.42 Å². The Morgan fingerprint density at radius 1 is 1.42 bits per heavy atom. The van der Waals surface area contributed by atoms with Crippen molar-refractivity contribution >= 4 is 5.91 Å². The van der Waals surface area contributed by atoms with Gasteiger partial charge in [-0.25, -0.2) is 4.98 Å². The van der Waals surface area contributed by atoms with Crippen molar-refractivity contribution in [2.24, 2.45) is 11.1 Å². The molecule has 0 radical (unpaired) electrons. The van der Waals surface area contributed by atoms with Gasteiger partial charge in [0, 0.05) is 0 Å². The van der Waals surface area contributed by atoms with Crippen LogP contribution in [-0.2, 0) is 6.42 Å². The van der Waals surface area contributed by atoms with Crippen LogP contribution in [0.2, 0.25) is 0 Å². The molecule has 0 saturated heterocycles. The monoisotopic (exact) mass is 255 g/mol. The van der Waals surface area contributed by atoms with Gasteiger partial charge in [-0.2, -0.15) is 0 Å². The topological polar surface area (TPSA) is 60.9 Å². The molecule has 3 rings (SSSR count). The maximum atomic E-state index is 11.5. The molecule has 1 unspecified atom stereocenters. The van der Waals surface area contributed by atoms with E-state index in [0.29, 0.717) is 5.69 Å². The number of benzene rings is 1. The first-order valence-corrected chi connectivity index (χ1v) is 6.40. The van der Waals surface area contributed by atoms with Crippen LogP contribution in [0.1, 0.15) is 41.5 Å². The third-order valence-electron chi connectivity index (χ3n) is 3.93. The van der Waals surface area contributed by atoms with Gasteiger partial charge in [-0.3, -0.25) is 4.79 Å². The second-order valence-electron chi connectivity index (χ2n) is 5.82. The van der Waals surface area contributed by atoms with Crippen molar-refractivity contribution in [2.75, 3.05) is 0 Å². The van der Waals surface area contributed by atoms with Crippen LogP contribution in [0, 0.1) is 5.41 Å². The zero-order valence-electron chi connectivity index (χ0n) is 11.1. The fourth-order valence-electron chi connectivity index (χ4n) is 3.20. The number of hydrogen-bond donors (Lipinski definition) is 1. The Labute approximate surface area is 112 Å². The molecule has 1 atom stereocenters. The summed E-state index contributed by atoms with van der Waals surface area (Å²) in [5.41, 5.74) is 8.53. The average molecular weight is 255 g/mol. The van der Waals surface area contributed by atoms with Crippen molar-refractivity contribution in [3.63, 3.8) is 0 Å². The SMILES string of the molecule is CC1(C)Cc2ccccc2C1n1cncc1C(N)=O. The van der Waals surface area contributed by atoms with Gasteiger partial charge in [-0.15, -0.1) is 0 Å². The number of rotatable bonds is 2. The van der Waals surface area contributed by atoms with E-state index in [1.807, 2.05) is 10.6 Å². The highest BCUT2D eigenvalue weighted by Gasteiger charge is 2.40. The normalized spacial score (nSPS) is 20.2. The van der Waals surface area contributed by atoms with Crippen molar-refractivity contribution in [3.8, 4) is 0 Å².